The minimum atomic E-state index is -1.23. The van der Waals surface area contributed by atoms with Gasteiger partial charge in [0.25, 0.3) is 0 Å². The fourth-order valence-electron chi connectivity index (χ4n) is 10.7. The van der Waals surface area contributed by atoms with Crippen LogP contribution in [0.15, 0.2) is 34.4 Å². The first-order valence-electron chi connectivity index (χ1n) is 24.7. The number of aliphatic hydroxyl groups is 1. The predicted molar refractivity (Wildman–Crippen MR) is 267 cm³/mol. The van der Waals surface area contributed by atoms with E-state index in [4.69, 9.17) is 30.1 Å². The molecule has 11 heteroatoms. The molecule has 0 aromatic carbocycles. The molecular weight excluding hydrogens is 837 g/mol. The Morgan fingerprint density at radius 2 is 1.38 bits per heavy atom. The van der Waals surface area contributed by atoms with Crippen LogP contribution in [0.25, 0.3) is 34.4 Å². The second-order valence-electron chi connectivity index (χ2n) is 20.3. The molecule has 10 nitrogen and oxygen atoms in total. The van der Waals surface area contributed by atoms with Crippen molar-refractivity contribution in [2.24, 2.45) is 47.3 Å². The van der Waals surface area contributed by atoms with E-state index in [0.717, 1.165) is 53.6 Å². The van der Waals surface area contributed by atoms with Crippen LogP contribution in [-0.4, -0.2) is 59.6 Å². The number of hydrogen-bond donors (Lipinski definition) is 1. The normalized spacial score (nSPS) is 26.0. The van der Waals surface area contributed by atoms with Crippen molar-refractivity contribution in [3.8, 4) is 0 Å². The van der Waals surface area contributed by atoms with Crippen molar-refractivity contribution in [1.29, 1.82) is 0 Å². The van der Waals surface area contributed by atoms with Gasteiger partial charge in [-0.05, 0) is 100 Å². The van der Waals surface area contributed by atoms with E-state index in [1.165, 1.54) is 57.6 Å². The summed E-state index contributed by atoms with van der Waals surface area (Å²) in [5.74, 6) is -0.639. The van der Waals surface area contributed by atoms with Crippen molar-refractivity contribution < 1.29 is 29.0 Å². The maximum Gasteiger partial charge on any atom is 2.00 e. The van der Waals surface area contributed by atoms with E-state index >= 15 is 0 Å². The molecular formula is C55H76MgN4O6-2. The van der Waals surface area contributed by atoms with Crippen molar-refractivity contribution >= 4 is 64.6 Å². The number of nitrogens with zero attached hydrogens (tertiary/aromatic N) is 4. The van der Waals surface area contributed by atoms with Crippen LogP contribution >= 0.6 is 0 Å². The number of allylic oxidation sites excluding steroid dienone is 5. The number of Topliss-reactive ketones (excluding diaryl/α,β-unsaturated/α-hetero) is 1. The summed E-state index contributed by atoms with van der Waals surface area (Å²) in [5.41, 5.74) is 9.74. The molecule has 2 saturated heterocycles. The number of ether oxygens (including phenoxy) is 2. The first-order chi connectivity index (χ1) is 30.9. The molecule has 2 aromatic rings. The van der Waals surface area contributed by atoms with E-state index in [9.17, 15) is 19.5 Å². The number of aliphatic hydroxyl groups excluding tert-OH is 1. The number of carbonyl (C=O) groups excluding carboxylic acids is 3. The van der Waals surface area contributed by atoms with Crippen molar-refractivity contribution in [2.75, 3.05) is 13.7 Å². The zero-order valence-corrected chi connectivity index (χ0v) is 43.6. The number of rotatable bonds is 20. The number of ketones is 1. The zero-order valence-electron chi connectivity index (χ0n) is 42.2. The molecule has 8 atom stereocenters. The third-order valence-corrected chi connectivity index (χ3v) is 14.9. The molecule has 4 aliphatic rings. The van der Waals surface area contributed by atoms with Gasteiger partial charge in [0.2, 0.25) is 0 Å². The van der Waals surface area contributed by atoms with E-state index in [2.05, 4.69) is 55.4 Å². The summed E-state index contributed by atoms with van der Waals surface area (Å²) in [6, 6.07) is 0. The van der Waals surface area contributed by atoms with Gasteiger partial charge in [-0.1, -0.05) is 140 Å². The molecule has 0 saturated carbocycles. The van der Waals surface area contributed by atoms with Crippen LogP contribution in [0, 0.1) is 61.2 Å². The number of methoxy groups -OCH3 is 1. The summed E-state index contributed by atoms with van der Waals surface area (Å²) in [5, 5.41) is 21.4. The Morgan fingerprint density at radius 1 is 0.788 bits per heavy atom. The van der Waals surface area contributed by atoms with E-state index < -0.39 is 18.0 Å². The van der Waals surface area contributed by atoms with Gasteiger partial charge in [-0.25, -0.2) is 0 Å². The molecule has 8 bridgehead atoms. The molecule has 2 aromatic heterocycles. The minimum Gasteiger partial charge on any atom is -0.664 e. The van der Waals surface area contributed by atoms with Crippen LogP contribution < -0.4 is 9.97 Å². The summed E-state index contributed by atoms with van der Waals surface area (Å²) in [4.78, 5) is 51.6. The smallest absolute Gasteiger partial charge is 0.664 e. The second kappa shape index (κ2) is 23.5. The largest absolute Gasteiger partial charge is 2.00 e. The van der Waals surface area contributed by atoms with Crippen LogP contribution in [-0.2, 0) is 19.1 Å². The number of carbonyl (C=O) groups is 3. The number of hydrogen-bond acceptors (Lipinski definition) is 6. The summed E-state index contributed by atoms with van der Waals surface area (Å²) in [6.45, 7) is 23.7. The van der Waals surface area contributed by atoms with Crippen molar-refractivity contribution in [2.45, 2.75) is 159 Å². The maximum atomic E-state index is 14.4. The average molecular weight is 914 g/mol. The first kappa shape index (κ1) is 53.2. The third-order valence-electron chi connectivity index (χ3n) is 14.9. The van der Waals surface area contributed by atoms with Gasteiger partial charge < -0.3 is 35.2 Å². The van der Waals surface area contributed by atoms with E-state index in [1.807, 2.05) is 38.2 Å². The Balaban J connectivity index is 0.00000817. The topological polar surface area (TPSA) is 146 Å². The minimum absolute atomic E-state index is 0. The molecule has 1 aliphatic carbocycles. The van der Waals surface area contributed by atoms with Gasteiger partial charge in [-0.2, -0.15) is 22.8 Å². The fourth-order valence-corrected chi connectivity index (χ4v) is 10.7. The van der Waals surface area contributed by atoms with Crippen LogP contribution in [0.5, 0.6) is 0 Å². The molecule has 1 N–H and O–H groups in total. The van der Waals surface area contributed by atoms with Crippen molar-refractivity contribution in [1.82, 2.24) is 9.97 Å². The fraction of sp³-hybridized carbons (Fsp3) is 0.618. The van der Waals surface area contributed by atoms with Crippen molar-refractivity contribution in [3.05, 3.63) is 90.1 Å². The van der Waals surface area contributed by atoms with Crippen LogP contribution in [0.4, 0.5) is 0 Å². The Kier molecular flexibility index (Phi) is 18.9. The van der Waals surface area contributed by atoms with E-state index in [1.54, 1.807) is 6.92 Å². The first-order valence-corrected chi connectivity index (χ1v) is 24.7. The molecule has 356 valence electrons. The van der Waals surface area contributed by atoms with E-state index in [-0.39, 0.29) is 71.5 Å². The quantitative estimate of drug-likeness (QED) is 0.0598. The summed E-state index contributed by atoms with van der Waals surface area (Å²) >= 11 is 0. The Bertz CT molecular complexity index is 2230. The Morgan fingerprint density at radius 3 is 2.02 bits per heavy atom. The number of fused-ring (bicyclic) bond motifs is 7. The van der Waals surface area contributed by atoms with Gasteiger partial charge in [0.15, 0.2) is 5.78 Å². The van der Waals surface area contributed by atoms with Crippen molar-refractivity contribution in [3.63, 3.8) is 0 Å². The Hall–Kier alpha value is -3.80. The second-order valence-corrected chi connectivity index (χ2v) is 20.3. The summed E-state index contributed by atoms with van der Waals surface area (Å²) in [6.07, 6.45) is 19.7. The molecule has 0 amide bonds. The molecule has 6 rings (SSSR count). The average Bonchev–Trinajstić information content (AvgIpc) is 4.00. The van der Waals surface area contributed by atoms with Crippen LogP contribution in [0.3, 0.4) is 0 Å². The van der Waals surface area contributed by atoms with Gasteiger partial charge in [0.05, 0.1) is 13.2 Å². The van der Waals surface area contributed by atoms with E-state index in [0.29, 0.717) is 63.2 Å². The summed E-state index contributed by atoms with van der Waals surface area (Å²) in [7, 11) is 1.29. The molecule has 3 aliphatic heterocycles. The maximum absolute atomic E-state index is 14.4. The third kappa shape index (κ3) is 11.9. The summed E-state index contributed by atoms with van der Waals surface area (Å²) < 4.78 is 11.1. The van der Waals surface area contributed by atoms with Gasteiger partial charge in [0, 0.05) is 12.0 Å². The predicted octanol–water partition coefficient (Wildman–Crippen LogP) is 12.7. The number of esters is 2. The molecule has 0 unspecified atom stereocenters. The molecule has 5 heterocycles. The van der Waals surface area contributed by atoms with Gasteiger partial charge in [-0.3, -0.25) is 14.4 Å². The molecule has 66 heavy (non-hydrogen) atoms. The monoisotopic (exact) mass is 913 g/mol. The Labute approximate surface area is 411 Å². The van der Waals surface area contributed by atoms with Crippen LogP contribution in [0.2, 0.25) is 0 Å². The number of aromatic nitrogens is 2. The zero-order chi connectivity index (χ0) is 47.3. The molecule has 0 radical (unpaired) electrons. The molecule has 0 spiro atoms. The van der Waals surface area contributed by atoms with Gasteiger partial charge >= 0.3 is 35.0 Å². The standard InChI is InChI=1S/C55H77N4O6.Mg/c1-13-39-34(7)41-29-46-48(38(11)60)36(9)43(57-46)27-42-35(8)40(52(58-42)50-51(55(63)64-12)54(62)49-37(10)44(59-53(49)50)28-45(39)56-41)23-24-47(61)65-26-25-33(6)22-16-21-32(5)20-15-19-31(4)18-14-17-30(2)3;/h25,27-32,34-35,38-40,51,60H,13-24,26H2,1-12H3,(H-,58,59,62);/q-3;+2/p-1/b33-25-,41-29-,42-27-,45-28-;/t31-,32-,34-,35+,38-,39-,40+,51-;/m1./s1. The SMILES string of the molecule is CC[C@H]1/C2=C/c3[n-]c4c(c3C)C(=O)[C@H](C(=O)OC)/C4=C3/[N-]/C(=C\c4[n-]c(c([C@@H](C)O)c4C)/C=C(\[N-]2)[C@@H]1C)[C@@H](C)[C@@H]3CCC(=O)OC/C=C(/C)CCC[C@H](C)CCC[C@H](C)CCCC(C)C.[Mg+2]. The molecule has 2 fully saturated rings. The van der Waals surface area contributed by atoms with Gasteiger partial charge in [-0.15, -0.1) is 22.8 Å². The van der Waals surface area contributed by atoms with Crippen LogP contribution in [0.1, 0.15) is 195 Å². The van der Waals surface area contributed by atoms with Gasteiger partial charge in [0.1, 0.15) is 12.5 Å².